The lowest BCUT2D eigenvalue weighted by Crippen LogP contribution is -2.46. The minimum absolute atomic E-state index is 0.339. The number of carbonyl (C=O) groups excluding carboxylic acids is 2. The van der Waals surface area contributed by atoms with Gasteiger partial charge in [0.05, 0.1) is 24.0 Å². The minimum atomic E-state index is -0.897. The molecule has 0 saturated heterocycles. The van der Waals surface area contributed by atoms with Crippen LogP contribution in [0.25, 0.3) is 16.8 Å². The van der Waals surface area contributed by atoms with Crippen LogP contribution in [0.5, 0.6) is 5.75 Å². The van der Waals surface area contributed by atoms with Gasteiger partial charge in [-0.3, -0.25) is 0 Å². The third kappa shape index (κ3) is 4.25. The number of primary amides is 2. The predicted octanol–water partition coefficient (Wildman–Crippen LogP) is 4.09. The van der Waals surface area contributed by atoms with Gasteiger partial charge in [-0.05, 0) is 42.0 Å². The number of ether oxygens (including phenoxy) is 1. The molecule has 1 fully saturated rings. The number of nitrogens with two attached hydrogens (primary N) is 2. The zero-order valence-corrected chi connectivity index (χ0v) is 20.1. The highest BCUT2D eigenvalue weighted by molar-refractivity contribution is 5.82. The van der Waals surface area contributed by atoms with Gasteiger partial charge in [0.1, 0.15) is 0 Å². The highest BCUT2D eigenvalue weighted by Crippen LogP contribution is 2.55. The summed E-state index contributed by atoms with van der Waals surface area (Å²) < 4.78 is 9.77. The van der Waals surface area contributed by atoms with Crippen molar-refractivity contribution in [2.75, 3.05) is 6.54 Å². The predicted molar refractivity (Wildman–Crippen MR) is 129 cm³/mol. The SMILES string of the molecule is CC(C)(C)C1c2c(OC(N)=O)c(-c3cccc(-n4cccn4)c3)c(C3CC3)n2CCN1OC(N)=O. The maximum absolute atomic E-state index is 12.2. The van der Waals surface area contributed by atoms with Gasteiger partial charge in [-0.2, -0.15) is 5.10 Å². The van der Waals surface area contributed by atoms with Crippen LogP contribution in [0.4, 0.5) is 9.59 Å². The first kappa shape index (κ1) is 23.0. The van der Waals surface area contributed by atoms with Crippen molar-refractivity contribution in [3.05, 3.63) is 54.1 Å². The van der Waals surface area contributed by atoms with Gasteiger partial charge in [-0.15, -0.1) is 5.06 Å². The van der Waals surface area contributed by atoms with Crippen molar-refractivity contribution in [3.8, 4) is 22.6 Å². The number of rotatable bonds is 5. The van der Waals surface area contributed by atoms with E-state index in [1.807, 2.05) is 57.3 Å². The lowest BCUT2D eigenvalue weighted by Gasteiger charge is -2.42. The topological polar surface area (TPSA) is 131 Å². The number of nitrogens with zero attached hydrogens (tertiary/aromatic N) is 4. The summed E-state index contributed by atoms with van der Waals surface area (Å²) in [6, 6.07) is 9.40. The van der Waals surface area contributed by atoms with Crippen LogP contribution >= 0.6 is 0 Å². The van der Waals surface area contributed by atoms with Crippen LogP contribution in [0.15, 0.2) is 42.7 Å². The van der Waals surface area contributed by atoms with Gasteiger partial charge in [0.2, 0.25) is 0 Å². The molecule has 1 aliphatic carbocycles. The second kappa shape index (κ2) is 8.46. The molecule has 1 saturated carbocycles. The van der Waals surface area contributed by atoms with E-state index in [9.17, 15) is 9.59 Å². The maximum Gasteiger partial charge on any atom is 0.423 e. The number of hydrogen-bond donors (Lipinski definition) is 2. The molecule has 1 aliphatic heterocycles. The molecule has 3 aromatic rings. The fourth-order valence-corrected chi connectivity index (χ4v) is 5.15. The summed E-state index contributed by atoms with van der Waals surface area (Å²) in [5.41, 5.74) is 15.1. The Bertz CT molecular complexity index is 1270. The maximum atomic E-state index is 12.2. The molecule has 3 heterocycles. The first-order valence-corrected chi connectivity index (χ1v) is 11.7. The first-order valence-electron chi connectivity index (χ1n) is 11.7. The molecule has 2 amide bonds. The Morgan fingerprint density at radius 1 is 1.06 bits per heavy atom. The molecular weight excluding hydrogens is 448 g/mol. The van der Waals surface area contributed by atoms with Crippen molar-refractivity contribution in [2.24, 2.45) is 16.9 Å². The fraction of sp³-hybridized carbons (Fsp3) is 0.400. The first-order chi connectivity index (χ1) is 16.6. The molecule has 1 unspecified atom stereocenters. The summed E-state index contributed by atoms with van der Waals surface area (Å²) in [4.78, 5) is 29.3. The molecule has 4 N–H and O–H groups in total. The Labute approximate surface area is 203 Å². The lowest BCUT2D eigenvalue weighted by atomic mass is 9.83. The van der Waals surface area contributed by atoms with Gasteiger partial charge in [0.15, 0.2) is 5.75 Å². The van der Waals surface area contributed by atoms with Crippen LogP contribution in [0, 0.1) is 5.41 Å². The van der Waals surface area contributed by atoms with E-state index in [1.54, 1.807) is 15.9 Å². The van der Waals surface area contributed by atoms with Gasteiger partial charge in [-0.25, -0.2) is 14.3 Å². The Kier molecular flexibility index (Phi) is 5.55. The van der Waals surface area contributed by atoms with Crippen LogP contribution in [0.1, 0.15) is 57.0 Å². The number of carbonyl (C=O) groups is 2. The third-order valence-electron chi connectivity index (χ3n) is 6.49. The molecule has 1 atom stereocenters. The molecular formula is C25H30N6O4. The van der Waals surface area contributed by atoms with E-state index in [1.165, 1.54) is 0 Å². The Hall–Kier alpha value is -3.79. The molecule has 2 aliphatic rings. The van der Waals surface area contributed by atoms with Gasteiger partial charge >= 0.3 is 12.2 Å². The minimum Gasteiger partial charge on any atom is -0.408 e. The summed E-state index contributed by atoms with van der Waals surface area (Å²) >= 11 is 0. The zero-order valence-electron chi connectivity index (χ0n) is 20.1. The highest BCUT2D eigenvalue weighted by atomic mass is 16.7. The van der Waals surface area contributed by atoms with Crippen LogP contribution in [0.2, 0.25) is 0 Å². The van der Waals surface area contributed by atoms with E-state index in [0.29, 0.717) is 24.8 Å². The van der Waals surface area contributed by atoms with E-state index in [-0.39, 0.29) is 0 Å². The molecule has 10 heteroatoms. The molecule has 184 valence electrons. The Balaban J connectivity index is 1.76. The van der Waals surface area contributed by atoms with Crippen LogP contribution in [-0.2, 0) is 11.4 Å². The molecule has 2 aromatic heterocycles. The standard InChI is InChI=1S/C25H30N6O4/c1-25(2,3)22-20-21(34-23(26)32)18(16-6-4-7-17(14-16)30-11-5-10-28-30)19(15-8-9-15)29(20)12-13-31(22)35-24(27)33/h4-7,10-11,14-15,22H,8-9,12-13H2,1-3H3,(H2,26,32)(H2,27,33). The van der Waals surface area contributed by atoms with E-state index in [2.05, 4.69) is 9.67 Å². The van der Waals surface area contributed by atoms with Gasteiger partial charge in [0.25, 0.3) is 0 Å². The molecule has 0 spiro atoms. The normalized spacial score (nSPS) is 18.2. The quantitative estimate of drug-likeness (QED) is 0.568. The average molecular weight is 479 g/mol. The van der Waals surface area contributed by atoms with Crippen LogP contribution in [-0.4, -0.2) is 38.1 Å². The van der Waals surface area contributed by atoms with Gasteiger partial charge < -0.3 is 25.6 Å². The fourth-order valence-electron chi connectivity index (χ4n) is 5.15. The number of aromatic nitrogens is 3. The van der Waals surface area contributed by atoms with Crippen molar-refractivity contribution < 1.29 is 19.2 Å². The Morgan fingerprint density at radius 2 is 1.83 bits per heavy atom. The van der Waals surface area contributed by atoms with Crippen molar-refractivity contribution in [1.82, 2.24) is 19.4 Å². The number of fused-ring (bicyclic) bond motifs is 1. The van der Waals surface area contributed by atoms with Crippen molar-refractivity contribution in [2.45, 2.75) is 52.1 Å². The molecule has 5 rings (SSSR count). The highest BCUT2D eigenvalue weighted by Gasteiger charge is 2.46. The summed E-state index contributed by atoms with van der Waals surface area (Å²) in [5, 5.41) is 5.94. The summed E-state index contributed by atoms with van der Waals surface area (Å²) in [5.74, 6) is 0.737. The molecule has 35 heavy (non-hydrogen) atoms. The molecule has 0 bridgehead atoms. The second-order valence-corrected chi connectivity index (χ2v) is 10.1. The zero-order chi connectivity index (χ0) is 24.9. The summed E-state index contributed by atoms with van der Waals surface area (Å²) in [6.07, 6.45) is 3.92. The van der Waals surface area contributed by atoms with Crippen LogP contribution in [0.3, 0.4) is 0 Å². The largest absolute Gasteiger partial charge is 0.423 e. The lowest BCUT2D eigenvalue weighted by molar-refractivity contribution is -0.168. The summed E-state index contributed by atoms with van der Waals surface area (Å²) in [7, 11) is 0. The molecule has 0 radical (unpaired) electrons. The van der Waals surface area contributed by atoms with E-state index in [4.69, 9.17) is 21.0 Å². The number of benzene rings is 1. The average Bonchev–Trinajstić information content (AvgIpc) is 3.36. The monoisotopic (exact) mass is 478 g/mol. The van der Waals surface area contributed by atoms with Gasteiger partial charge in [-0.1, -0.05) is 32.9 Å². The van der Waals surface area contributed by atoms with E-state index in [0.717, 1.165) is 41.0 Å². The third-order valence-corrected chi connectivity index (χ3v) is 6.49. The number of hydrogen-bond acceptors (Lipinski definition) is 6. The number of amides is 2. The van der Waals surface area contributed by atoms with Gasteiger partial charge in [0, 0.05) is 36.1 Å². The van der Waals surface area contributed by atoms with Crippen molar-refractivity contribution in [1.29, 1.82) is 0 Å². The Morgan fingerprint density at radius 3 is 2.43 bits per heavy atom. The second-order valence-electron chi connectivity index (χ2n) is 10.1. The number of hydroxylamine groups is 2. The van der Waals surface area contributed by atoms with E-state index < -0.39 is 23.6 Å². The molecule has 10 nitrogen and oxygen atoms in total. The van der Waals surface area contributed by atoms with Crippen molar-refractivity contribution >= 4 is 12.2 Å². The summed E-state index contributed by atoms with van der Waals surface area (Å²) in [6.45, 7) is 7.13. The smallest absolute Gasteiger partial charge is 0.408 e. The van der Waals surface area contributed by atoms with E-state index >= 15 is 0 Å². The van der Waals surface area contributed by atoms with Crippen molar-refractivity contribution in [3.63, 3.8) is 0 Å². The van der Waals surface area contributed by atoms with Crippen LogP contribution < -0.4 is 16.2 Å². The molecule has 1 aromatic carbocycles.